The highest BCUT2D eigenvalue weighted by molar-refractivity contribution is 7.99. The molecule has 0 aliphatic heterocycles. The van der Waals surface area contributed by atoms with Crippen molar-refractivity contribution in [3.63, 3.8) is 0 Å². The molecular formula is C14H29NS. The highest BCUT2D eigenvalue weighted by atomic mass is 32.2. The van der Waals surface area contributed by atoms with Crippen LogP contribution in [0.5, 0.6) is 0 Å². The molecule has 1 fully saturated rings. The Hall–Kier alpha value is 0.310. The van der Waals surface area contributed by atoms with Crippen LogP contribution in [-0.4, -0.2) is 24.1 Å². The lowest BCUT2D eigenvalue weighted by Crippen LogP contribution is -2.36. The first-order valence-electron chi connectivity index (χ1n) is 7.05. The third kappa shape index (κ3) is 5.58. The maximum Gasteiger partial charge on any atom is 0.0181 e. The van der Waals surface area contributed by atoms with Gasteiger partial charge in [0.15, 0.2) is 0 Å². The smallest absolute Gasteiger partial charge is 0.0181 e. The van der Waals surface area contributed by atoms with Crippen molar-refractivity contribution in [3.05, 3.63) is 0 Å². The SMILES string of the molecule is CCCNC(CSCC1CCCC1)C(C)C. The average molecular weight is 243 g/mol. The van der Waals surface area contributed by atoms with Crippen LogP contribution in [0.3, 0.4) is 0 Å². The Morgan fingerprint density at radius 1 is 1.25 bits per heavy atom. The van der Waals surface area contributed by atoms with Gasteiger partial charge in [0.25, 0.3) is 0 Å². The second kappa shape index (κ2) is 8.41. The molecular weight excluding hydrogens is 214 g/mol. The van der Waals surface area contributed by atoms with E-state index < -0.39 is 0 Å². The molecule has 1 atom stereocenters. The zero-order valence-corrected chi connectivity index (χ0v) is 12.1. The maximum atomic E-state index is 3.67. The van der Waals surface area contributed by atoms with E-state index in [1.165, 1.54) is 50.2 Å². The molecule has 1 saturated carbocycles. The van der Waals surface area contributed by atoms with Crippen LogP contribution in [0.15, 0.2) is 0 Å². The van der Waals surface area contributed by atoms with Gasteiger partial charge in [0.2, 0.25) is 0 Å². The molecule has 1 unspecified atom stereocenters. The summed E-state index contributed by atoms with van der Waals surface area (Å²) in [5, 5.41) is 3.67. The topological polar surface area (TPSA) is 12.0 Å². The normalized spacial score (nSPS) is 19.5. The van der Waals surface area contributed by atoms with Crippen LogP contribution in [0, 0.1) is 11.8 Å². The monoisotopic (exact) mass is 243 g/mol. The van der Waals surface area contributed by atoms with Gasteiger partial charge in [-0.2, -0.15) is 11.8 Å². The Labute approximate surface area is 106 Å². The fraction of sp³-hybridized carbons (Fsp3) is 1.00. The van der Waals surface area contributed by atoms with Crippen LogP contribution in [-0.2, 0) is 0 Å². The van der Waals surface area contributed by atoms with Gasteiger partial charge in [-0.1, -0.05) is 33.6 Å². The van der Waals surface area contributed by atoms with Crippen molar-refractivity contribution in [2.45, 2.75) is 58.9 Å². The summed E-state index contributed by atoms with van der Waals surface area (Å²) in [6.45, 7) is 8.09. The quantitative estimate of drug-likeness (QED) is 0.693. The zero-order chi connectivity index (χ0) is 11.8. The van der Waals surface area contributed by atoms with Crippen LogP contribution >= 0.6 is 11.8 Å². The molecule has 16 heavy (non-hydrogen) atoms. The predicted octanol–water partition coefficient (Wildman–Crippen LogP) is 3.93. The number of hydrogen-bond donors (Lipinski definition) is 1. The number of nitrogens with one attached hydrogen (secondary N) is 1. The second-order valence-corrected chi connectivity index (χ2v) is 6.57. The van der Waals surface area contributed by atoms with E-state index >= 15 is 0 Å². The molecule has 2 heteroatoms. The van der Waals surface area contributed by atoms with Crippen molar-refractivity contribution in [2.24, 2.45) is 11.8 Å². The molecule has 0 aromatic heterocycles. The number of hydrogen-bond acceptors (Lipinski definition) is 2. The van der Waals surface area contributed by atoms with Gasteiger partial charge in [0, 0.05) is 11.8 Å². The van der Waals surface area contributed by atoms with Crippen LogP contribution < -0.4 is 5.32 Å². The molecule has 0 aromatic carbocycles. The molecule has 0 amide bonds. The van der Waals surface area contributed by atoms with Crippen LogP contribution in [0.2, 0.25) is 0 Å². The Kier molecular flexibility index (Phi) is 7.55. The van der Waals surface area contributed by atoms with Crippen molar-refractivity contribution in [1.29, 1.82) is 0 Å². The molecule has 0 saturated heterocycles. The van der Waals surface area contributed by atoms with Crippen LogP contribution in [0.4, 0.5) is 0 Å². The third-order valence-electron chi connectivity index (χ3n) is 3.59. The summed E-state index contributed by atoms with van der Waals surface area (Å²) in [7, 11) is 0. The Morgan fingerprint density at radius 3 is 2.50 bits per heavy atom. The average Bonchev–Trinajstić information content (AvgIpc) is 2.75. The van der Waals surface area contributed by atoms with Gasteiger partial charge in [0.05, 0.1) is 0 Å². The molecule has 0 bridgehead atoms. The van der Waals surface area contributed by atoms with E-state index in [-0.39, 0.29) is 0 Å². The maximum absolute atomic E-state index is 3.67. The molecule has 1 rings (SSSR count). The standard InChI is InChI=1S/C14H29NS/c1-4-9-15-14(12(2)3)11-16-10-13-7-5-6-8-13/h12-15H,4-11H2,1-3H3. The molecule has 0 aromatic rings. The minimum Gasteiger partial charge on any atom is -0.313 e. The fourth-order valence-corrected chi connectivity index (χ4v) is 3.91. The third-order valence-corrected chi connectivity index (χ3v) is 4.89. The molecule has 1 N–H and O–H groups in total. The van der Waals surface area contributed by atoms with Gasteiger partial charge in [-0.15, -0.1) is 0 Å². The first-order chi connectivity index (χ1) is 7.74. The van der Waals surface area contributed by atoms with Gasteiger partial charge < -0.3 is 5.32 Å². The lowest BCUT2D eigenvalue weighted by atomic mass is 10.1. The highest BCUT2D eigenvalue weighted by Crippen LogP contribution is 2.28. The summed E-state index contributed by atoms with van der Waals surface area (Å²) in [6.07, 6.45) is 7.18. The van der Waals surface area contributed by atoms with E-state index in [0.717, 1.165) is 11.8 Å². The van der Waals surface area contributed by atoms with Crippen molar-refractivity contribution in [3.8, 4) is 0 Å². The minimum atomic E-state index is 0.714. The van der Waals surface area contributed by atoms with Crippen molar-refractivity contribution in [2.75, 3.05) is 18.1 Å². The summed E-state index contributed by atoms with van der Waals surface area (Å²) in [5.74, 6) is 4.50. The molecule has 0 heterocycles. The van der Waals surface area contributed by atoms with Gasteiger partial charge >= 0.3 is 0 Å². The molecule has 1 aliphatic carbocycles. The summed E-state index contributed by atoms with van der Waals surface area (Å²) in [5.41, 5.74) is 0. The summed E-state index contributed by atoms with van der Waals surface area (Å²) in [4.78, 5) is 0. The number of thioether (sulfide) groups is 1. The van der Waals surface area contributed by atoms with E-state index in [0.29, 0.717) is 6.04 Å². The molecule has 96 valence electrons. The molecule has 0 spiro atoms. The van der Waals surface area contributed by atoms with Gasteiger partial charge in [-0.05, 0) is 43.4 Å². The van der Waals surface area contributed by atoms with E-state index in [1.54, 1.807) is 0 Å². The zero-order valence-electron chi connectivity index (χ0n) is 11.3. The van der Waals surface area contributed by atoms with E-state index in [1.807, 2.05) is 0 Å². The van der Waals surface area contributed by atoms with Crippen LogP contribution in [0.25, 0.3) is 0 Å². The highest BCUT2D eigenvalue weighted by Gasteiger charge is 2.17. The van der Waals surface area contributed by atoms with Crippen LogP contribution in [0.1, 0.15) is 52.9 Å². The Bertz CT molecular complexity index is 164. The lowest BCUT2D eigenvalue weighted by Gasteiger charge is -2.22. The fourth-order valence-electron chi connectivity index (χ4n) is 2.36. The van der Waals surface area contributed by atoms with Gasteiger partial charge in [-0.25, -0.2) is 0 Å². The summed E-state index contributed by atoms with van der Waals surface area (Å²) in [6, 6.07) is 0.714. The predicted molar refractivity (Wildman–Crippen MR) is 76.2 cm³/mol. The molecule has 0 radical (unpaired) electrons. The largest absolute Gasteiger partial charge is 0.313 e. The lowest BCUT2D eigenvalue weighted by molar-refractivity contribution is 0.433. The summed E-state index contributed by atoms with van der Waals surface area (Å²) >= 11 is 2.17. The summed E-state index contributed by atoms with van der Waals surface area (Å²) < 4.78 is 0. The second-order valence-electron chi connectivity index (χ2n) is 5.49. The van der Waals surface area contributed by atoms with E-state index in [2.05, 4.69) is 37.8 Å². The first-order valence-corrected chi connectivity index (χ1v) is 8.20. The van der Waals surface area contributed by atoms with Gasteiger partial charge in [-0.3, -0.25) is 0 Å². The van der Waals surface area contributed by atoms with E-state index in [9.17, 15) is 0 Å². The Balaban J connectivity index is 2.10. The first kappa shape index (κ1) is 14.4. The minimum absolute atomic E-state index is 0.714. The number of rotatable bonds is 8. The van der Waals surface area contributed by atoms with Crippen molar-refractivity contribution < 1.29 is 0 Å². The van der Waals surface area contributed by atoms with Crippen molar-refractivity contribution >= 4 is 11.8 Å². The van der Waals surface area contributed by atoms with E-state index in [4.69, 9.17) is 0 Å². The van der Waals surface area contributed by atoms with Crippen molar-refractivity contribution in [1.82, 2.24) is 5.32 Å². The van der Waals surface area contributed by atoms with Gasteiger partial charge in [0.1, 0.15) is 0 Å². The molecule has 1 nitrogen and oxygen atoms in total. The Morgan fingerprint density at radius 2 is 1.94 bits per heavy atom. The molecule has 1 aliphatic rings.